The molecule has 4 N–H and O–H groups in total. The minimum absolute atomic E-state index is 0.143. The number of amides is 1. The van der Waals surface area contributed by atoms with E-state index in [4.69, 9.17) is 5.73 Å². The third-order valence-corrected chi connectivity index (χ3v) is 3.92. The number of nitrogens with one attached hydrogen (secondary N) is 2. The van der Waals surface area contributed by atoms with Crippen molar-refractivity contribution in [2.45, 2.75) is 18.8 Å². The van der Waals surface area contributed by atoms with E-state index in [-0.39, 0.29) is 5.69 Å². The van der Waals surface area contributed by atoms with Gasteiger partial charge in [0.15, 0.2) is 11.5 Å². The van der Waals surface area contributed by atoms with E-state index in [2.05, 4.69) is 32.7 Å². The fraction of sp³-hybridized carbons (Fsp3) is 0.312. The predicted molar refractivity (Wildman–Crippen MR) is 85.1 cm³/mol. The molecule has 2 aromatic rings. The molecule has 6 heteroatoms. The molecule has 0 bridgehead atoms. The molecule has 0 radical (unpaired) electrons. The average Bonchev–Trinajstić information content (AvgIpc) is 2.57. The molecular formula is C16H19N5O. The molecule has 1 aromatic heterocycles. The van der Waals surface area contributed by atoms with Crippen molar-refractivity contribution >= 4 is 17.4 Å². The van der Waals surface area contributed by atoms with Crippen LogP contribution in [0.3, 0.4) is 0 Å². The Kier molecular flexibility index (Phi) is 4.29. The molecule has 1 amide bonds. The van der Waals surface area contributed by atoms with Crippen molar-refractivity contribution in [3.05, 3.63) is 47.9 Å². The van der Waals surface area contributed by atoms with Crippen molar-refractivity contribution in [3.63, 3.8) is 0 Å². The van der Waals surface area contributed by atoms with Crippen LogP contribution in [0.15, 0.2) is 36.7 Å². The Morgan fingerprint density at radius 3 is 2.50 bits per heavy atom. The molecule has 0 spiro atoms. The maximum absolute atomic E-state index is 11.3. The zero-order valence-corrected chi connectivity index (χ0v) is 12.2. The van der Waals surface area contributed by atoms with Crippen molar-refractivity contribution in [1.29, 1.82) is 0 Å². The molecule has 1 aromatic carbocycles. The molecule has 114 valence electrons. The SMILES string of the molecule is NC(=O)c1nccnc1Nc1ccc(C2CCNCC2)cc1. The first kappa shape index (κ1) is 14.5. The van der Waals surface area contributed by atoms with Gasteiger partial charge in [-0.2, -0.15) is 0 Å². The second-order valence-corrected chi connectivity index (χ2v) is 5.39. The number of piperidine rings is 1. The third kappa shape index (κ3) is 3.23. The summed E-state index contributed by atoms with van der Waals surface area (Å²) in [5.41, 5.74) is 7.66. The molecule has 1 saturated heterocycles. The van der Waals surface area contributed by atoms with Crippen LogP contribution in [0.25, 0.3) is 0 Å². The first-order valence-electron chi connectivity index (χ1n) is 7.42. The zero-order valence-electron chi connectivity index (χ0n) is 12.2. The van der Waals surface area contributed by atoms with E-state index in [1.54, 1.807) is 0 Å². The number of hydrogen-bond donors (Lipinski definition) is 3. The van der Waals surface area contributed by atoms with Gasteiger partial charge in [0.2, 0.25) is 0 Å². The molecular weight excluding hydrogens is 278 g/mol. The van der Waals surface area contributed by atoms with Crippen molar-refractivity contribution in [2.75, 3.05) is 18.4 Å². The Balaban J connectivity index is 1.75. The largest absolute Gasteiger partial charge is 0.364 e. The molecule has 6 nitrogen and oxygen atoms in total. The first-order chi connectivity index (χ1) is 10.7. The van der Waals surface area contributed by atoms with Gasteiger partial charge in [0.1, 0.15) is 0 Å². The monoisotopic (exact) mass is 297 g/mol. The van der Waals surface area contributed by atoms with E-state index in [1.807, 2.05) is 12.1 Å². The summed E-state index contributed by atoms with van der Waals surface area (Å²) in [6, 6.07) is 8.24. The highest BCUT2D eigenvalue weighted by molar-refractivity contribution is 5.96. The number of primary amides is 1. The van der Waals surface area contributed by atoms with Gasteiger partial charge >= 0.3 is 0 Å². The average molecular weight is 297 g/mol. The molecule has 0 saturated carbocycles. The Hall–Kier alpha value is -2.47. The van der Waals surface area contributed by atoms with Crippen LogP contribution in [-0.4, -0.2) is 29.0 Å². The molecule has 0 unspecified atom stereocenters. The number of carbonyl (C=O) groups excluding carboxylic acids is 1. The summed E-state index contributed by atoms with van der Waals surface area (Å²) < 4.78 is 0. The summed E-state index contributed by atoms with van der Waals surface area (Å²) in [5, 5.41) is 6.47. The van der Waals surface area contributed by atoms with Gasteiger partial charge in [0.05, 0.1) is 0 Å². The van der Waals surface area contributed by atoms with E-state index in [9.17, 15) is 4.79 Å². The smallest absolute Gasteiger partial charge is 0.271 e. The summed E-state index contributed by atoms with van der Waals surface area (Å²) in [5.74, 6) is 0.402. The number of aromatic nitrogens is 2. The fourth-order valence-corrected chi connectivity index (χ4v) is 2.74. The summed E-state index contributed by atoms with van der Waals surface area (Å²) >= 11 is 0. The van der Waals surface area contributed by atoms with Gasteiger partial charge in [-0.05, 0) is 49.5 Å². The van der Waals surface area contributed by atoms with E-state index >= 15 is 0 Å². The number of benzene rings is 1. The van der Waals surface area contributed by atoms with Gasteiger partial charge < -0.3 is 16.4 Å². The summed E-state index contributed by atoms with van der Waals surface area (Å²) in [7, 11) is 0. The quantitative estimate of drug-likeness (QED) is 0.800. The number of nitrogens with two attached hydrogens (primary N) is 1. The van der Waals surface area contributed by atoms with Gasteiger partial charge in [0.25, 0.3) is 5.91 Å². The van der Waals surface area contributed by atoms with Crippen LogP contribution in [0, 0.1) is 0 Å². The second-order valence-electron chi connectivity index (χ2n) is 5.39. The van der Waals surface area contributed by atoms with Gasteiger partial charge in [-0.25, -0.2) is 9.97 Å². The Labute approximate surface area is 129 Å². The van der Waals surface area contributed by atoms with E-state index in [0.29, 0.717) is 11.7 Å². The van der Waals surface area contributed by atoms with Crippen LogP contribution < -0.4 is 16.4 Å². The van der Waals surface area contributed by atoms with Gasteiger partial charge in [0, 0.05) is 18.1 Å². The highest BCUT2D eigenvalue weighted by Crippen LogP contribution is 2.27. The summed E-state index contributed by atoms with van der Waals surface area (Å²) in [6.45, 7) is 2.15. The molecule has 0 aliphatic carbocycles. The summed E-state index contributed by atoms with van der Waals surface area (Å²) in [4.78, 5) is 19.4. The topological polar surface area (TPSA) is 92.9 Å². The van der Waals surface area contributed by atoms with Crippen molar-refractivity contribution in [3.8, 4) is 0 Å². The van der Waals surface area contributed by atoms with E-state index in [1.165, 1.54) is 30.8 Å². The Morgan fingerprint density at radius 2 is 1.82 bits per heavy atom. The summed E-state index contributed by atoms with van der Waals surface area (Å²) in [6.07, 6.45) is 5.31. The number of rotatable bonds is 4. The van der Waals surface area contributed by atoms with Crippen molar-refractivity contribution in [2.24, 2.45) is 5.73 Å². The van der Waals surface area contributed by atoms with Crippen LogP contribution in [-0.2, 0) is 0 Å². The molecule has 1 aliphatic rings. The molecule has 1 aliphatic heterocycles. The maximum atomic E-state index is 11.3. The van der Waals surface area contributed by atoms with Gasteiger partial charge in [-0.1, -0.05) is 12.1 Å². The first-order valence-corrected chi connectivity index (χ1v) is 7.42. The highest BCUT2D eigenvalue weighted by Gasteiger charge is 2.15. The number of hydrogen-bond acceptors (Lipinski definition) is 5. The molecule has 3 rings (SSSR count). The zero-order chi connectivity index (χ0) is 15.4. The molecule has 1 fully saturated rings. The van der Waals surface area contributed by atoms with Crippen molar-refractivity contribution in [1.82, 2.24) is 15.3 Å². The van der Waals surface area contributed by atoms with Crippen LogP contribution in [0.4, 0.5) is 11.5 Å². The standard InChI is InChI=1S/C16H19N5O/c17-15(22)14-16(20-10-9-19-14)21-13-3-1-11(2-4-13)12-5-7-18-8-6-12/h1-4,9-10,12,18H,5-8H2,(H2,17,22)(H,20,21). The normalized spacial score (nSPS) is 15.5. The predicted octanol–water partition coefficient (Wildman–Crippen LogP) is 1.79. The fourth-order valence-electron chi connectivity index (χ4n) is 2.74. The van der Waals surface area contributed by atoms with Crippen LogP contribution in [0.2, 0.25) is 0 Å². The lowest BCUT2D eigenvalue weighted by atomic mass is 9.90. The lowest BCUT2D eigenvalue weighted by Crippen LogP contribution is -2.26. The minimum atomic E-state index is -0.595. The molecule has 0 atom stereocenters. The minimum Gasteiger partial charge on any atom is -0.364 e. The Bertz CT molecular complexity index is 650. The maximum Gasteiger partial charge on any atom is 0.271 e. The molecule has 2 heterocycles. The Morgan fingerprint density at radius 1 is 1.14 bits per heavy atom. The number of carbonyl (C=O) groups is 1. The van der Waals surface area contributed by atoms with Crippen LogP contribution in [0.5, 0.6) is 0 Å². The van der Waals surface area contributed by atoms with Gasteiger partial charge in [-0.3, -0.25) is 4.79 Å². The molecule has 22 heavy (non-hydrogen) atoms. The number of anilines is 2. The van der Waals surface area contributed by atoms with Crippen molar-refractivity contribution < 1.29 is 4.79 Å². The highest BCUT2D eigenvalue weighted by atomic mass is 16.1. The van der Waals surface area contributed by atoms with Gasteiger partial charge in [-0.15, -0.1) is 0 Å². The lowest BCUT2D eigenvalue weighted by Gasteiger charge is -2.23. The second kappa shape index (κ2) is 6.53. The third-order valence-electron chi connectivity index (χ3n) is 3.92. The van der Waals surface area contributed by atoms with E-state index < -0.39 is 5.91 Å². The number of nitrogens with zero attached hydrogens (tertiary/aromatic N) is 2. The lowest BCUT2D eigenvalue weighted by molar-refractivity contribution is 0.0996. The van der Waals surface area contributed by atoms with Crippen LogP contribution in [0.1, 0.15) is 34.8 Å². The van der Waals surface area contributed by atoms with E-state index in [0.717, 1.165) is 18.8 Å². The van der Waals surface area contributed by atoms with Crippen LogP contribution >= 0.6 is 0 Å².